The first-order valence-corrected chi connectivity index (χ1v) is 10.6. The van der Waals surface area contributed by atoms with Crippen LogP contribution in [0.2, 0.25) is 0 Å². The highest BCUT2D eigenvalue weighted by atomic mass is 19.4. The van der Waals surface area contributed by atoms with Gasteiger partial charge in [0.15, 0.2) is 0 Å². The number of aromatic nitrogens is 1. The molecule has 2 saturated heterocycles. The molecule has 2 aliphatic heterocycles. The van der Waals surface area contributed by atoms with Gasteiger partial charge < -0.3 is 24.8 Å². The van der Waals surface area contributed by atoms with E-state index in [0.717, 1.165) is 36.6 Å². The molecule has 0 bridgehead atoms. The number of carbonyl (C=O) groups excluding carboxylic acids is 1. The molecule has 10 heteroatoms. The molecule has 2 aliphatic rings. The lowest BCUT2D eigenvalue weighted by atomic mass is 10.1. The zero-order chi connectivity index (χ0) is 22.6. The van der Waals surface area contributed by atoms with Crippen molar-refractivity contribution in [2.75, 3.05) is 62.3 Å². The van der Waals surface area contributed by atoms with E-state index >= 15 is 0 Å². The Bertz CT molecular complexity index is 926. The zero-order valence-corrected chi connectivity index (χ0v) is 17.6. The van der Waals surface area contributed by atoms with Crippen molar-refractivity contribution in [3.05, 3.63) is 53.7 Å². The lowest BCUT2D eigenvalue weighted by molar-refractivity contribution is -0.137. The number of hydrogen-bond acceptors (Lipinski definition) is 5. The van der Waals surface area contributed by atoms with E-state index in [-0.39, 0.29) is 6.03 Å². The smallest absolute Gasteiger partial charge is 0.378 e. The number of nitrogens with one attached hydrogen (secondary N) is 1. The van der Waals surface area contributed by atoms with E-state index in [1.807, 2.05) is 17.0 Å². The number of nitrogens with zero attached hydrogens (tertiary/aromatic N) is 4. The number of halogens is 3. The Morgan fingerprint density at radius 3 is 2.47 bits per heavy atom. The number of pyridine rings is 1. The van der Waals surface area contributed by atoms with Crippen LogP contribution in [0.5, 0.6) is 0 Å². The number of carbonyl (C=O) groups is 1. The number of urea groups is 1. The Morgan fingerprint density at radius 1 is 1.00 bits per heavy atom. The van der Waals surface area contributed by atoms with Gasteiger partial charge in [0, 0.05) is 63.3 Å². The van der Waals surface area contributed by atoms with Crippen LogP contribution in [-0.4, -0.2) is 68.4 Å². The summed E-state index contributed by atoms with van der Waals surface area (Å²) >= 11 is 0. The number of amides is 2. The van der Waals surface area contributed by atoms with E-state index in [4.69, 9.17) is 4.74 Å². The fourth-order valence-electron chi connectivity index (χ4n) is 3.96. The molecule has 0 spiro atoms. The van der Waals surface area contributed by atoms with Gasteiger partial charge in [-0.1, -0.05) is 12.1 Å². The Labute approximate surface area is 184 Å². The fraction of sp³-hybridized carbons (Fsp3) is 0.455. The van der Waals surface area contributed by atoms with Gasteiger partial charge in [-0.05, 0) is 24.3 Å². The van der Waals surface area contributed by atoms with Gasteiger partial charge in [-0.3, -0.25) is 0 Å². The first-order chi connectivity index (χ1) is 15.4. The van der Waals surface area contributed by atoms with Gasteiger partial charge in [0.05, 0.1) is 18.8 Å². The van der Waals surface area contributed by atoms with Gasteiger partial charge in [-0.2, -0.15) is 13.2 Å². The Balaban J connectivity index is 1.31. The molecule has 172 valence electrons. The summed E-state index contributed by atoms with van der Waals surface area (Å²) in [7, 11) is 0. The minimum atomic E-state index is -4.37. The van der Waals surface area contributed by atoms with E-state index < -0.39 is 11.7 Å². The zero-order valence-electron chi connectivity index (χ0n) is 17.6. The molecular weight excluding hydrogens is 423 g/mol. The molecule has 4 rings (SSSR count). The van der Waals surface area contributed by atoms with E-state index in [0.29, 0.717) is 51.6 Å². The second-order valence-corrected chi connectivity index (χ2v) is 7.77. The average molecular weight is 449 g/mol. The molecule has 32 heavy (non-hydrogen) atoms. The van der Waals surface area contributed by atoms with Crippen molar-refractivity contribution in [1.29, 1.82) is 0 Å². The lowest BCUT2D eigenvalue weighted by Crippen LogP contribution is -2.51. The van der Waals surface area contributed by atoms with Crippen LogP contribution in [0.15, 0.2) is 42.6 Å². The van der Waals surface area contributed by atoms with E-state index in [9.17, 15) is 18.0 Å². The highest BCUT2D eigenvalue weighted by molar-refractivity contribution is 5.74. The second kappa shape index (κ2) is 9.64. The summed E-state index contributed by atoms with van der Waals surface area (Å²) in [6, 6.07) is 8.91. The number of alkyl halides is 3. The van der Waals surface area contributed by atoms with Crippen molar-refractivity contribution in [3.8, 4) is 0 Å². The minimum Gasteiger partial charge on any atom is -0.378 e. The molecule has 0 radical (unpaired) electrons. The van der Waals surface area contributed by atoms with E-state index in [1.54, 1.807) is 17.2 Å². The summed E-state index contributed by atoms with van der Waals surface area (Å²) in [6.07, 6.45) is -2.63. The number of hydrogen-bond donors (Lipinski definition) is 1. The normalized spacial score (nSPS) is 17.4. The largest absolute Gasteiger partial charge is 0.416 e. The third kappa shape index (κ3) is 5.24. The number of piperazine rings is 1. The minimum absolute atomic E-state index is 0.189. The maximum atomic E-state index is 13.0. The molecule has 0 unspecified atom stereocenters. The van der Waals surface area contributed by atoms with Gasteiger partial charge in [0.2, 0.25) is 0 Å². The number of morpholine rings is 1. The summed E-state index contributed by atoms with van der Waals surface area (Å²) in [4.78, 5) is 22.9. The summed E-state index contributed by atoms with van der Waals surface area (Å²) in [6.45, 7) is 4.99. The van der Waals surface area contributed by atoms with Crippen LogP contribution in [0.4, 0.5) is 29.5 Å². The Hall–Kier alpha value is -3.01. The first-order valence-electron chi connectivity index (χ1n) is 10.6. The van der Waals surface area contributed by atoms with Gasteiger partial charge in [0.25, 0.3) is 0 Å². The molecule has 0 atom stereocenters. The highest BCUT2D eigenvalue weighted by Crippen LogP contribution is 2.31. The highest BCUT2D eigenvalue weighted by Gasteiger charge is 2.31. The monoisotopic (exact) mass is 449 g/mol. The van der Waals surface area contributed by atoms with Crippen molar-refractivity contribution in [3.63, 3.8) is 0 Å². The predicted octanol–water partition coefficient (Wildman–Crippen LogP) is 2.97. The van der Waals surface area contributed by atoms with Crippen molar-refractivity contribution >= 4 is 17.5 Å². The molecule has 2 aromatic rings. The van der Waals surface area contributed by atoms with E-state index in [2.05, 4.69) is 15.2 Å². The average Bonchev–Trinajstić information content (AvgIpc) is 2.83. The van der Waals surface area contributed by atoms with Crippen molar-refractivity contribution in [1.82, 2.24) is 15.2 Å². The second-order valence-electron chi connectivity index (χ2n) is 7.77. The Kier molecular flexibility index (Phi) is 6.69. The fourth-order valence-corrected chi connectivity index (χ4v) is 3.96. The molecule has 0 aliphatic carbocycles. The summed E-state index contributed by atoms with van der Waals surface area (Å²) in [5.41, 5.74) is 0.790. The molecule has 2 amide bonds. The number of rotatable bonds is 4. The third-order valence-corrected chi connectivity index (χ3v) is 5.71. The summed E-state index contributed by atoms with van der Waals surface area (Å²) < 4.78 is 44.3. The summed E-state index contributed by atoms with van der Waals surface area (Å²) in [5, 5.41) is 2.95. The molecule has 1 aromatic heterocycles. The van der Waals surface area contributed by atoms with Crippen LogP contribution < -0.4 is 15.1 Å². The Morgan fingerprint density at radius 2 is 1.75 bits per heavy atom. The number of ether oxygens (including phenoxy) is 1. The lowest BCUT2D eigenvalue weighted by Gasteiger charge is -2.36. The molecular formula is C22H26F3N5O2. The maximum absolute atomic E-state index is 13.0. The molecule has 3 heterocycles. The maximum Gasteiger partial charge on any atom is 0.416 e. The van der Waals surface area contributed by atoms with Crippen LogP contribution in [0.3, 0.4) is 0 Å². The number of benzene rings is 1. The summed E-state index contributed by atoms with van der Waals surface area (Å²) in [5.74, 6) is 0.852. The van der Waals surface area contributed by atoms with E-state index in [1.165, 1.54) is 6.07 Å². The van der Waals surface area contributed by atoms with Gasteiger partial charge in [0.1, 0.15) is 5.82 Å². The van der Waals surface area contributed by atoms with Crippen molar-refractivity contribution < 1.29 is 22.7 Å². The van der Waals surface area contributed by atoms with Crippen LogP contribution >= 0.6 is 0 Å². The molecule has 1 aromatic carbocycles. The van der Waals surface area contributed by atoms with Gasteiger partial charge in [-0.25, -0.2) is 9.78 Å². The molecule has 1 N–H and O–H groups in total. The van der Waals surface area contributed by atoms with Crippen LogP contribution in [0.25, 0.3) is 0 Å². The molecule has 7 nitrogen and oxygen atoms in total. The van der Waals surface area contributed by atoms with Crippen LogP contribution in [-0.2, 0) is 17.5 Å². The predicted molar refractivity (Wildman–Crippen MR) is 115 cm³/mol. The third-order valence-electron chi connectivity index (χ3n) is 5.71. The van der Waals surface area contributed by atoms with Crippen LogP contribution in [0, 0.1) is 0 Å². The van der Waals surface area contributed by atoms with Crippen molar-refractivity contribution in [2.24, 2.45) is 0 Å². The van der Waals surface area contributed by atoms with Gasteiger partial charge in [-0.15, -0.1) is 0 Å². The van der Waals surface area contributed by atoms with Crippen LogP contribution in [0.1, 0.15) is 11.1 Å². The first kappa shape index (κ1) is 22.2. The number of anilines is 2. The SMILES string of the molecule is O=C(NCc1cccnc1N1CCOCC1)N1CCN(c2cccc(C(F)(F)F)c2)CC1. The molecule has 2 fully saturated rings. The van der Waals surface area contributed by atoms with Crippen molar-refractivity contribution in [2.45, 2.75) is 12.7 Å². The quantitative estimate of drug-likeness (QED) is 0.778. The molecule has 0 saturated carbocycles. The van der Waals surface area contributed by atoms with Gasteiger partial charge >= 0.3 is 12.2 Å². The topological polar surface area (TPSA) is 60.9 Å². The standard InChI is InChI=1S/C22H26F3N5O2/c23-22(24,25)18-4-1-5-19(15-18)28-7-9-30(10-8-28)21(31)27-16-17-3-2-6-26-20(17)29-11-13-32-14-12-29/h1-6,15H,7-14,16H2,(H,27,31).